The summed E-state index contributed by atoms with van der Waals surface area (Å²) in [7, 11) is 0. The number of hydrogen-bond acceptors (Lipinski definition) is 5. The minimum Gasteiger partial charge on any atom is -0.477 e. The number of carboxylic acid groups (broad SMARTS) is 1. The number of carboxylic acids is 1. The lowest BCUT2D eigenvalue weighted by molar-refractivity contribution is 0.0690. The lowest BCUT2D eigenvalue weighted by Gasteiger charge is -2.27. The summed E-state index contributed by atoms with van der Waals surface area (Å²) >= 11 is 3.48. The molecule has 0 aliphatic carbocycles. The van der Waals surface area contributed by atoms with Crippen molar-refractivity contribution in [2.75, 3.05) is 31.2 Å². The van der Waals surface area contributed by atoms with E-state index in [0.29, 0.717) is 25.3 Å². The van der Waals surface area contributed by atoms with Crippen LogP contribution in [0.2, 0.25) is 0 Å². The molecule has 0 radical (unpaired) electrons. The van der Waals surface area contributed by atoms with Crippen LogP contribution < -0.4 is 4.90 Å². The van der Waals surface area contributed by atoms with Crippen LogP contribution >= 0.6 is 15.9 Å². The summed E-state index contributed by atoms with van der Waals surface area (Å²) in [5.74, 6) is -0.127. The first-order valence-corrected chi connectivity index (χ1v) is 9.10. The Labute approximate surface area is 158 Å². The van der Waals surface area contributed by atoms with Gasteiger partial charge in [0.2, 0.25) is 0 Å². The van der Waals surface area contributed by atoms with Gasteiger partial charge in [-0.2, -0.15) is 0 Å². The van der Waals surface area contributed by atoms with Crippen molar-refractivity contribution in [3.05, 3.63) is 58.0 Å². The standard InChI is InChI=1S/C18H17BrN4O3/c19-12-4-5-16-14(10-13-2-1-3-15(20-13)18(24)25)17(21-23(16)11-12)22-6-8-26-9-7-22/h1-5,11H,6-10H2,(H,24,25). The molecule has 1 aliphatic heterocycles. The molecule has 26 heavy (non-hydrogen) atoms. The van der Waals surface area contributed by atoms with Gasteiger partial charge in [-0.1, -0.05) is 6.07 Å². The van der Waals surface area contributed by atoms with E-state index < -0.39 is 5.97 Å². The van der Waals surface area contributed by atoms with Gasteiger partial charge in [0, 0.05) is 41.4 Å². The van der Waals surface area contributed by atoms with Gasteiger partial charge >= 0.3 is 5.97 Å². The average Bonchev–Trinajstić information content (AvgIpc) is 3.00. The molecule has 1 N–H and O–H groups in total. The molecule has 134 valence electrons. The van der Waals surface area contributed by atoms with E-state index in [1.54, 1.807) is 6.07 Å². The molecule has 3 aromatic rings. The zero-order valence-electron chi connectivity index (χ0n) is 13.9. The molecule has 3 aromatic heterocycles. The Bertz CT molecular complexity index is 966. The Hall–Kier alpha value is -2.45. The predicted molar refractivity (Wildman–Crippen MR) is 99.9 cm³/mol. The van der Waals surface area contributed by atoms with Crippen molar-refractivity contribution < 1.29 is 14.6 Å². The second-order valence-corrected chi connectivity index (χ2v) is 6.99. The van der Waals surface area contributed by atoms with Crippen LogP contribution in [0.5, 0.6) is 0 Å². The monoisotopic (exact) mass is 416 g/mol. The summed E-state index contributed by atoms with van der Waals surface area (Å²) in [4.78, 5) is 17.7. The van der Waals surface area contributed by atoms with Crippen LogP contribution in [0.25, 0.3) is 5.52 Å². The molecule has 7 nitrogen and oxygen atoms in total. The number of morpholine rings is 1. The zero-order valence-corrected chi connectivity index (χ0v) is 15.5. The lowest BCUT2D eigenvalue weighted by atomic mass is 10.1. The van der Waals surface area contributed by atoms with E-state index in [4.69, 9.17) is 9.84 Å². The zero-order chi connectivity index (χ0) is 18.1. The van der Waals surface area contributed by atoms with Crippen LogP contribution in [0.3, 0.4) is 0 Å². The Morgan fingerprint density at radius 2 is 2.04 bits per heavy atom. The molecule has 8 heteroatoms. The Morgan fingerprint density at radius 3 is 2.81 bits per heavy atom. The molecule has 1 saturated heterocycles. The van der Waals surface area contributed by atoms with Gasteiger partial charge in [-0.15, -0.1) is 5.10 Å². The maximum absolute atomic E-state index is 11.2. The van der Waals surface area contributed by atoms with Crippen LogP contribution in [-0.4, -0.2) is 52.0 Å². The number of aromatic carboxylic acids is 1. The fourth-order valence-electron chi connectivity index (χ4n) is 3.14. The average molecular weight is 417 g/mol. The number of aromatic nitrogens is 3. The minimum atomic E-state index is -1.02. The maximum Gasteiger partial charge on any atom is 0.354 e. The summed E-state index contributed by atoms with van der Waals surface area (Å²) in [6.07, 6.45) is 2.43. The highest BCUT2D eigenvalue weighted by Crippen LogP contribution is 2.28. The first-order chi connectivity index (χ1) is 12.6. The molecule has 0 unspecified atom stereocenters. The quantitative estimate of drug-likeness (QED) is 0.703. The Morgan fingerprint density at radius 1 is 1.23 bits per heavy atom. The van der Waals surface area contributed by atoms with Crippen LogP contribution in [-0.2, 0) is 11.2 Å². The highest BCUT2D eigenvalue weighted by Gasteiger charge is 2.21. The maximum atomic E-state index is 11.2. The highest BCUT2D eigenvalue weighted by molar-refractivity contribution is 9.10. The highest BCUT2D eigenvalue weighted by atomic mass is 79.9. The van der Waals surface area contributed by atoms with Crippen LogP contribution in [0.1, 0.15) is 21.7 Å². The van der Waals surface area contributed by atoms with E-state index in [-0.39, 0.29) is 5.69 Å². The third kappa shape index (κ3) is 3.30. The number of halogens is 1. The second-order valence-electron chi connectivity index (χ2n) is 6.07. The van der Waals surface area contributed by atoms with E-state index in [1.807, 2.05) is 28.9 Å². The van der Waals surface area contributed by atoms with E-state index in [2.05, 4.69) is 25.8 Å². The molecule has 1 fully saturated rings. The van der Waals surface area contributed by atoms with Crippen LogP contribution in [0.15, 0.2) is 41.0 Å². The minimum absolute atomic E-state index is 0.0506. The number of fused-ring (bicyclic) bond motifs is 1. The van der Waals surface area contributed by atoms with Crippen molar-refractivity contribution in [1.82, 2.24) is 14.6 Å². The van der Waals surface area contributed by atoms with Crippen LogP contribution in [0, 0.1) is 0 Å². The number of hydrogen-bond donors (Lipinski definition) is 1. The summed E-state index contributed by atoms with van der Waals surface area (Å²) < 4.78 is 8.25. The third-order valence-electron chi connectivity index (χ3n) is 4.37. The molecule has 1 aliphatic rings. The van der Waals surface area contributed by atoms with Crippen molar-refractivity contribution in [3.63, 3.8) is 0 Å². The molecule has 4 heterocycles. The second kappa shape index (κ2) is 7.05. The number of rotatable bonds is 4. The molecular weight excluding hydrogens is 400 g/mol. The molecule has 0 bridgehead atoms. The lowest BCUT2D eigenvalue weighted by Crippen LogP contribution is -2.37. The van der Waals surface area contributed by atoms with E-state index in [1.165, 1.54) is 6.07 Å². The Kier molecular flexibility index (Phi) is 4.60. The number of carbonyl (C=O) groups is 1. The van der Waals surface area contributed by atoms with Gasteiger partial charge in [-0.3, -0.25) is 0 Å². The largest absolute Gasteiger partial charge is 0.477 e. The van der Waals surface area contributed by atoms with Crippen molar-refractivity contribution in [1.29, 1.82) is 0 Å². The van der Waals surface area contributed by atoms with E-state index in [0.717, 1.165) is 34.5 Å². The first-order valence-electron chi connectivity index (χ1n) is 8.30. The fourth-order valence-corrected chi connectivity index (χ4v) is 3.47. The van der Waals surface area contributed by atoms with Crippen molar-refractivity contribution in [3.8, 4) is 0 Å². The van der Waals surface area contributed by atoms with Gasteiger partial charge in [-0.25, -0.2) is 14.3 Å². The SMILES string of the molecule is O=C(O)c1cccc(Cc2c(N3CCOCC3)nn3cc(Br)ccc23)n1. The number of pyridine rings is 2. The Balaban J connectivity index is 1.79. The molecule has 0 spiro atoms. The van der Waals surface area contributed by atoms with Gasteiger partial charge in [0.25, 0.3) is 0 Å². The van der Waals surface area contributed by atoms with Gasteiger partial charge in [0.15, 0.2) is 5.82 Å². The van der Waals surface area contributed by atoms with Gasteiger partial charge in [0.05, 0.1) is 18.7 Å². The van der Waals surface area contributed by atoms with E-state index in [9.17, 15) is 9.90 Å². The topological polar surface area (TPSA) is 80.0 Å². The molecular formula is C18H17BrN4O3. The molecule has 0 saturated carbocycles. The molecule has 4 rings (SSSR count). The third-order valence-corrected chi connectivity index (χ3v) is 4.84. The fraction of sp³-hybridized carbons (Fsp3) is 0.278. The molecule has 0 aromatic carbocycles. The van der Waals surface area contributed by atoms with Gasteiger partial charge in [-0.05, 0) is 40.2 Å². The van der Waals surface area contributed by atoms with Crippen molar-refractivity contribution >= 4 is 33.2 Å². The van der Waals surface area contributed by atoms with E-state index >= 15 is 0 Å². The van der Waals surface area contributed by atoms with Crippen molar-refractivity contribution in [2.45, 2.75) is 6.42 Å². The smallest absolute Gasteiger partial charge is 0.354 e. The molecule has 0 amide bonds. The van der Waals surface area contributed by atoms with Crippen LogP contribution in [0.4, 0.5) is 5.82 Å². The first kappa shape index (κ1) is 17.0. The van der Waals surface area contributed by atoms with Gasteiger partial charge in [0.1, 0.15) is 5.69 Å². The van der Waals surface area contributed by atoms with Crippen molar-refractivity contribution in [2.24, 2.45) is 0 Å². The summed E-state index contributed by atoms with van der Waals surface area (Å²) in [6.45, 7) is 2.90. The summed E-state index contributed by atoms with van der Waals surface area (Å²) in [5, 5.41) is 14.0. The number of nitrogens with zero attached hydrogens (tertiary/aromatic N) is 4. The number of anilines is 1. The summed E-state index contributed by atoms with van der Waals surface area (Å²) in [5.41, 5.74) is 2.78. The normalized spacial score (nSPS) is 14.7. The number of ether oxygens (including phenoxy) is 1. The predicted octanol–water partition coefficient (Wildman–Crippen LogP) is 2.62. The van der Waals surface area contributed by atoms with Gasteiger partial charge < -0.3 is 14.7 Å². The molecule has 0 atom stereocenters. The summed E-state index contributed by atoms with van der Waals surface area (Å²) in [6, 6.07) is 9.06.